The molecule has 1 aromatic carbocycles. The minimum absolute atomic E-state index is 0.115. The third-order valence-corrected chi connectivity index (χ3v) is 6.30. The summed E-state index contributed by atoms with van der Waals surface area (Å²) in [4.78, 5) is 25.5. The quantitative estimate of drug-likeness (QED) is 0.442. The van der Waals surface area contributed by atoms with E-state index in [-0.39, 0.29) is 5.92 Å². The van der Waals surface area contributed by atoms with Crippen LogP contribution >= 0.6 is 0 Å². The lowest BCUT2D eigenvalue weighted by Crippen LogP contribution is -2.44. The highest BCUT2D eigenvalue weighted by atomic mass is 16.5. The topological polar surface area (TPSA) is 75.9 Å². The molecule has 4 rings (SSSR count). The number of fused-ring (bicyclic) bond motifs is 1. The summed E-state index contributed by atoms with van der Waals surface area (Å²) in [5.41, 5.74) is 2.34. The minimum atomic E-state index is 0.115. The zero-order valence-corrected chi connectivity index (χ0v) is 19.7. The highest BCUT2D eigenvalue weighted by Crippen LogP contribution is 2.22. The molecule has 0 radical (unpaired) electrons. The van der Waals surface area contributed by atoms with Crippen LogP contribution in [-0.4, -0.2) is 68.1 Å². The lowest BCUT2D eigenvalue weighted by Gasteiger charge is -2.34. The molecule has 0 saturated carbocycles. The van der Waals surface area contributed by atoms with E-state index in [4.69, 9.17) is 4.74 Å². The number of ether oxygens (including phenoxy) is 1. The number of amides is 1. The first-order valence-corrected chi connectivity index (χ1v) is 12.0. The van der Waals surface area contributed by atoms with Crippen LogP contribution in [0.2, 0.25) is 0 Å². The van der Waals surface area contributed by atoms with Gasteiger partial charge in [0.05, 0.1) is 12.5 Å². The van der Waals surface area contributed by atoms with E-state index < -0.39 is 0 Å². The summed E-state index contributed by atoms with van der Waals surface area (Å²) in [7, 11) is 0. The third kappa shape index (κ3) is 6.07. The Hall–Kier alpha value is -3.00. The van der Waals surface area contributed by atoms with Crippen LogP contribution in [0.5, 0.6) is 5.75 Å². The van der Waals surface area contributed by atoms with E-state index in [1.54, 1.807) is 4.52 Å². The molecule has 1 fully saturated rings. The zero-order valence-electron chi connectivity index (χ0n) is 19.7. The number of hydrogen-bond donors (Lipinski definition) is 0. The molecule has 8 heteroatoms. The van der Waals surface area contributed by atoms with E-state index in [1.165, 1.54) is 11.9 Å². The maximum Gasteiger partial charge on any atom is 0.252 e. The summed E-state index contributed by atoms with van der Waals surface area (Å²) >= 11 is 0. The van der Waals surface area contributed by atoms with E-state index in [0.717, 1.165) is 69.7 Å². The minimum Gasteiger partial charge on any atom is -0.494 e. The van der Waals surface area contributed by atoms with Gasteiger partial charge in [0, 0.05) is 38.6 Å². The monoisotopic (exact) mass is 450 g/mol. The van der Waals surface area contributed by atoms with Crippen molar-refractivity contribution >= 4 is 11.7 Å². The number of aromatic nitrogens is 4. The molecular weight excluding hydrogens is 416 g/mol. The first-order valence-electron chi connectivity index (χ1n) is 12.0. The van der Waals surface area contributed by atoms with Gasteiger partial charge in [-0.3, -0.25) is 9.69 Å². The van der Waals surface area contributed by atoms with Crippen molar-refractivity contribution in [3.05, 3.63) is 54.1 Å². The summed E-state index contributed by atoms with van der Waals surface area (Å²) in [5.74, 6) is 1.93. The van der Waals surface area contributed by atoms with Crippen molar-refractivity contribution in [1.29, 1.82) is 0 Å². The van der Waals surface area contributed by atoms with Crippen molar-refractivity contribution in [2.24, 2.45) is 5.92 Å². The highest BCUT2D eigenvalue weighted by Gasteiger charge is 2.28. The standard InChI is InChI=1S/C25H34N6O2/c1-3-30(4-2)24(32)22-10-6-12-29(18-22)16-20-8-5-11-23(14-20)33-13-7-9-21-15-26-25-27-19-28-31(25)17-21/h5,8,11,14-15,17,19,22H,3-4,6-7,9-10,12-13,16,18H2,1-2H3. The van der Waals surface area contributed by atoms with Crippen LogP contribution < -0.4 is 4.74 Å². The number of rotatable bonds is 10. The number of benzene rings is 1. The Balaban J connectivity index is 1.25. The Morgan fingerprint density at radius 2 is 2.09 bits per heavy atom. The van der Waals surface area contributed by atoms with Gasteiger partial charge in [-0.2, -0.15) is 10.1 Å². The van der Waals surface area contributed by atoms with Crippen molar-refractivity contribution in [3.8, 4) is 5.75 Å². The Morgan fingerprint density at radius 3 is 2.94 bits per heavy atom. The van der Waals surface area contributed by atoms with Crippen LogP contribution in [-0.2, 0) is 17.8 Å². The fourth-order valence-electron chi connectivity index (χ4n) is 4.54. The van der Waals surface area contributed by atoms with E-state index in [9.17, 15) is 4.79 Å². The number of hydrogen-bond acceptors (Lipinski definition) is 6. The number of carbonyl (C=O) groups is 1. The van der Waals surface area contributed by atoms with Gasteiger partial charge in [0.2, 0.25) is 5.91 Å². The van der Waals surface area contributed by atoms with Crippen molar-refractivity contribution in [2.75, 3.05) is 32.8 Å². The molecule has 176 valence electrons. The van der Waals surface area contributed by atoms with Crippen molar-refractivity contribution in [1.82, 2.24) is 29.4 Å². The molecule has 33 heavy (non-hydrogen) atoms. The molecule has 1 unspecified atom stereocenters. The molecule has 3 aromatic rings. The van der Waals surface area contributed by atoms with Crippen LogP contribution in [0.4, 0.5) is 0 Å². The molecule has 0 aliphatic carbocycles. The number of likely N-dealkylation sites (tertiary alicyclic amines) is 1. The predicted octanol–water partition coefficient (Wildman–Crippen LogP) is 3.22. The number of aryl methyl sites for hydroxylation is 1. The van der Waals surface area contributed by atoms with Gasteiger partial charge in [0.25, 0.3) is 5.78 Å². The molecule has 1 atom stereocenters. The van der Waals surface area contributed by atoms with Gasteiger partial charge >= 0.3 is 0 Å². The largest absolute Gasteiger partial charge is 0.494 e. The van der Waals surface area contributed by atoms with Gasteiger partial charge in [-0.05, 0) is 69.3 Å². The second-order valence-electron chi connectivity index (χ2n) is 8.65. The Morgan fingerprint density at radius 1 is 1.21 bits per heavy atom. The lowest BCUT2D eigenvalue weighted by atomic mass is 9.96. The average Bonchev–Trinajstić information content (AvgIpc) is 3.31. The number of nitrogens with zero attached hydrogens (tertiary/aromatic N) is 6. The summed E-state index contributed by atoms with van der Waals surface area (Å²) < 4.78 is 7.71. The average molecular weight is 451 g/mol. The number of piperidine rings is 1. The highest BCUT2D eigenvalue weighted by molar-refractivity contribution is 5.79. The summed E-state index contributed by atoms with van der Waals surface area (Å²) in [5, 5.41) is 4.13. The Bertz CT molecular complexity index is 1050. The molecule has 1 saturated heterocycles. The number of carbonyl (C=O) groups excluding carboxylic acids is 1. The van der Waals surface area contributed by atoms with Gasteiger partial charge in [-0.1, -0.05) is 12.1 Å². The van der Waals surface area contributed by atoms with Gasteiger partial charge in [0.15, 0.2) is 0 Å². The lowest BCUT2D eigenvalue weighted by molar-refractivity contribution is -0.137. The van der Waals surface area contributed by atoms with E-state index in [1.807, 2.05) is 23.4 Å². The summed E-state index contributed by atoms with van der Waals surface area (Å²) in [6.07, 6.45) is 9.16. The maximum atomic E-state index is 12.8. The van der Waals surface area contributed by atoms with Gasteiger partial charge in [-0.25, -0.2) is 9.50 Å². The van der Waals surface area contributed by atoms with E-state index in [2.05, 4.69) is 52.0 Å². The smallest absolute Gasteiger partial charge is 0.252 e. The molecule has 1 aliphatic rings. The molecule has 2 aromatic heterocycles. The molecule has 1 aliphatic heterocycles. The molecule has 0 N–H and O–H groups in total. The van der Waals surface area contributed by atoms with Crippen LogP contribution in [0.25, 0.3) is 5.78 Å². The zero-order chi connectivity index (χ0) is 23.0. The molecule has 0 spiro atoms. The molecule has 8 nitrogen and oxygen atoms in total. The molecule has 0 bridgehead atoms. The Kier molecular flexibility index (Phi) is 7.88. The molecular formula is C25H34N6O2. The second kappa shape index (κ2) is 11.2. The molecule has 3 heterocycles. The second-order valence-corrected chi connectivity index (χ2v) is 8.65. The normalized spacial score (nSPS) is 16.7. The fraction of sp³-hybridized carbons (Fsp3) is 0.520. The first kappa shape index (κ1) is 23.2. The van der Waals surface area contributed by atoms with Crippen molar-refractivity contribution < 1.29 is 9.53 Å². The van der Waals surface area contributed by atoms with Crippen LogP contribution in [0, 0.1) is 5.92 Å². The first-order chi connectivity index (χ1) is 16.2. The van der Waals surface area contributed by atoms with Crippen molar-refractivity contribution in [3.63, 3.8) is 0 Å². The Labute approximate surface area is 195 Å². The van der Waals surface area contributed by atoms with Crippen LogP contribution in [0.3, 0.4) is 0 Å². The summed E-state index contributed by atoms with van der Waals surface area (Å²) in [6.45, 7) is 9.06. The SMILES string of the molecule is CCN(CC)C(=O)C1CCCN(Cc2cccc(OCCCc3cnc4ncnn4c3)c2)C1. The van der Waals surface area contributed by atoms with E-state index >= 15 is 0 Å². The van der Waals surface area contributed by atoms with Crippen LogP contribution in [0.15, 0.2) is 43.0 Å². The van der Waals surface area contributed by atoms with E-state index in [0.29, 0.717) is 18.3 Å². The predicted molar refractivity (Wildman–Crippen MR) is 127 cm³/mol. The fourth-order valence-corrected chi connectivity index (χ4v) is 4.54. The van der Waals surface area contributed by atoms with Gasteiger partial charge < -0.3 is 9.64 Å². The molecule has 1 amide bonds. The van der Waals surface area contributed by atoms with Gasteiger partial charge in [-0.15, -0.1) is 0 Å². The van der Waals surface area contributed by atoms with Gasteiger partial charge in [0.1, 0.15) is 12.1 Å². The summed E-state index contributed by atoms with van der Waals surface area (Å²) in [6, 6.07) is 8.33. The maximum absolute atomic E-state index is 12.8. The third-order valence-electron chi connectivity index (χ3n) is 6.30. The van der Waals surface area contributed by atoms with Crippen LogP contribution in [0.1, 0.15) is 44.2 Å². The van der Waals surface area contributed by atoms with Crippen molar-refractivity contribution in [2.45, 2.75) is 46.1 Å².